The van der Waals surface area contributed by atoms with Crippen molar-refractivity contribution < 1.29 is 4.79 Å². The fourth-order valence-corrected chi connectivity index (χ4v) is 2.65. The molecular formula is C19H16N2OS. The Morgan fingerprint density at radius 3 is 2.39 bits per heavy atom. The third-order valence-electron chi connectivity index (χ3n) is 3.64. The zero-order chi connectivity index (χ0) is 16.2. The van der Waals surface area contributed by atoms with Crippen LogP contribution in [0.4, 0.5) is 5.69 Å². The molecule has 0 atom stereocenters. The lowest BCUT2D eigenvalue weighted by atomic mass is 10.0. The van der Waals surface area contributed by atoms with Crippen LogP contribution < -0.4 is 10.6 Å². The Hall–Kier alpha value is -2.72. The van der Waals surface area contributed by atoms with Gasteiger partial charge in [-0.05, 0) is 42.2 Å². The van der Waals surface area contributed by atoms with Crippen molar-refractivity contribution in [1.29, 1.82) is 0 Å². The van der Waals surface area contributed by atoms with E-state index in [-0.39, 0.29) is 5.91 Å². The van der Waals surface area contributed by atoms with Crippen LogP contribution in [0.2, 0.25) is 0 Å². The molecule has 4 heteroatoms. The van der Waals surface area contributed by atoms with Gasteiger partial charge in [0.25, 0.3) is 5.91 Å². The van der Waals surface area contributed by atoms with E-state index < -0.39 is 0 Å². The van der Waals surface area contributed by atoms with Gasteiger partial charge < -0.3 is 5.32 Å². The Bertz CT molecular complexity index is 875. The standard InChI is InChI=1S/C19H16N2OS/c1-13-11-12-14-7-5-6-10-16(14)17(13)20-19(23)21-18(22)15-8-3-2-4-9-15/h2-12H,1H3,(H2,20,21,22,23). The van der Waals surface area contributed by atoms with E-state index in [4.69, 9.17) is 12.2 Å². The molecule has 0 bridgehead atoms. The van der Waals surface area contributed by atoms with Crippen molar-refractivity contribution in [2.45, 2.75) is 6.92 Å². The van der Waals surface area contributed by atoms with Crippen LogP contribution in [-0.2, 0) is 0 Å². The molecule has 3 rings (SSSR count). The van der Waals surface area contributed by atoms with Gasteiger partial charge in [-0.25, -0.2) is 0 Å². The first-order valence-corrected chi connectivity index (χ1v) is 7.72. The molecule has 2 N–H and O–H groups in total. The molecule has 0 fully saturated rings. The summed E-state index contributed by atoms with van der Waals surface area (Å²) in [6, 6.07) is 21.2. The molecule has 0 unspecified atom stereocenters. The number of rotatable bonds is 2. The van der Waals surface area contributed by atoms with E-state index in [1.54, 1.807) is 12.1 Å². The molecule has 3 aromatic rings. The van der Waals surface area contributed by atoms with Gasteiger partial charge in [-0.2, -0.15) is 0 Å². The maximum atomic E-state index is 12.2. The van der Waals surface area contributed by atoms with Gasteiger partial charge in [0.15, 0.2) is 5.11 Å². The molecule has 0 saturated carbocycles. The highest BCUT2D eigenvalue weighted by molar-refractivity contribution is 7.80. The van der Waals surface area contributed by atoms with Gasteiger partial charge in [0.05, 0.1) is 5.69 Å². The number of aryl methyl sites for hydroxylation is 1. The molecule has 3 aromatic carbocycles. The van der Waals surface area contributed by atoms with E-state index in [1.807, 2.05) is 55.5 Å². The molecule has 0 aliphatic carbocycles. The van der Waals surface area contributed by atoms with Crippen LogP contribution in [-0.4, -0.2) is 11.0 Å². The Morgan fingerprint density at radius 2 is 1.61 bits per heavy atom. The number of hydrogen-bond donors (Lipinski definition) is 2. The second kappa shape index (κ2) is 6.58. The SMILES string of the molecule is Cc1ccc2ccccc2c1NC(=S)NC(=O)c1ccccc1. The number of anilines is 1. The highest BCUT2D eigenvalue weighted by atomic mass is 32.1. The maximum absolute atomic E-state index is 12.2. The molecule has 114 valence electrons. The summed E-state index contributed by atoms with van der Waals surface area (Å²) in [5.74, 6) is -0.221. The zero-order valence-electron chi connectivity index (χ0n) is 12.7. The maximum Gasteiger partial charge on any atom is 0.257 e. The summed E-state index contributed by atoms with van der Waals surface area (Å²) in [5.41, 5.74) is 2.56. The molecule has 0 radical (unpaired) electrons. The summed E-state index contributed by atoms with van der Waals surface area (Å²) < 4.78 is 0. The molecule has 0 saturated heterocycles. The van der Waals surface area contributed by atoms with E-state index in [1.165, 1.54) is 0 Å². The summed E-state index contributed by atoms with van der Waals surface area (Å²) in [4.78, 5) is 12.2. The monoisotopic (exact) mass is 320 g/mol. The number of benzene rings is 3. The topological polar surface area (TPSA) is 41.1 Å². The number of hydrogen-bond acceptors (Lipinski definition) is 2. The first-order valence-electron chi connectivity index (χ1n) is 7.31. The quantitative estimate of drug-likeness (QED) is 0.693. The van der Waals surface area contributed by atoms with Gasteiger partial charge in [-0.3, -0.25) is 10.1 Å². The van der Waals surface area contributed by atoms with Gasteiger partial charge in [0, 0.05) is 10.9 Å². The molecule has 1 amide bonds. The first-order chi connectivity index (χ1) is 11.1. The number of carbonyl (C=O) groups is 1. The van der Waals surface area contributed by atoms with E-state index in [0.29, 0.717) is 10.7 Å². The Balaban J connectivity index is 1.81. The Kier molecular flexibility index (Phi) is 4.35. The molecule has 0 aromatic heterocycles. The van der Waals surface area contributed by atoms with Crippen molar-refractivity contribution in [3.05, 3.63) is 77.9 Å². The number of nitrogens with one attached hydrogen (secondary N) is 2. The van der Waals surface area contributed by atoms with Crippen molar-refractivity contribution >= 4 is 39.7 Å². The van der Waals surface area contributed by atoms with Gasteiger partial charge in [-0.1, -0.05) is 54.6 Å². The third-order valence-corrected chi connectivity index (χ3v) is 3.84. The number of amides is 1. The molecule has 0 aliphatic rings. The second-order valence-electron chi connectivity index (χ2n) is 5.25. The predicted octanol–water partition coefficient (Wildman–Crippen LogP) is 4.28. The van der Waals surface area contributed by atoms with Crippen molar-refractivity contribution in [3.8, 4) is 0 Å². The molecule has 0 spiro atoms. The second-order valence-corrected chi connectivity index (χ2v) is 5.66. The third kappa shape index (κ3) is 3.38. The smallest absolute Gasteiger partial charge is 0.257 e. The molecule has 0 heterocycles. The largest absolute Gasteiger partial charge is 0.332 e. The lowest BCUT2D eigenvalue weighted by Gasteiger charge is -2.14. The molecule has 23 heavy (non-hydrogen) atoms. The molecular weight excluding hydrogens is 304 g/mol. The first kappa shape index (κ1) is 15.2. The van der Waals surface area contributed by atoms with Gasteiger partial charge in [0.1, 0.15) is 0 Å². The number of fused-ring (bicyclic) bond motifs is 1. The fourth-order valence-electron chi connectivity index (χ4n) is 2.46. The Labute approximate surface area is 140 Å². The van der Waals surface area contributed by atoms with E-state index in [0.717, 1.165) is 22.0 Å². The summed E-state index contributed by atoms with van der Waals surface area (Å²) >= 11 is 5.29. The minimum absolute atomic E-state index is 0.221. The lowest BCUT2D eigenvalue weighted by Crippen LogP contribution is -2.34. The average Bonchev–Trinajstić information content (AvgIpc) is 2.58. The van der Waals surface area contributed by atoms with E-state index >= 15 is 0 Å². The summed E-state index contributed by atoms with van der Waals surface area (Å²) in [6.07, 6.45) is 0. The van der Waals surface area contributed by atoms with Crippen LogP contribution in [0.1, 0.15) is 15.9 Å². The van der Waals surface area contributed by atoms with Crippen molar-refractivity contribution in [3.63, 3.8) is 0 Å². The van der Waals surface area contributed by atoms with Crippen LogP contribution in [0.5, 0.6) is 0 Å². The average molecular weight is 320 g/mol. The molecule has 0 aliphatic heterocycles. The van der Waals surface area contributed by atoms with Crippen LogP contribution in [0.25, 0.3) is 10.8 Å². The lowest BCUT2D eigenvalue weighted by molar-refractivity contribution is 0.0977. The van der Waals surface area contributed by atoms with Crippen LogP contribution in [0.3, 0.4) is 0 Å². The van der Waals surface area contributed by atoms with Crippen molar-refractivity contribution in [2.24, 2.45) is 0 Å². The van der Waals surface area contributed by atoms with Crippen LogP contribution >= 0.6 is 12.2 Å². The van der Waals surface area contributed by atoms with Gasteiger partial charge in [0.2, 0.25) is 0 Å². The Morgan fingerprint density at radius 1 is 0.913 bits per heavy atom. The van der Waals surface area contributed by atoms with Crippen molar-refractivity contribution in [2.75, 3.05) is 5.32 Å². The van der Waals surface area contributed by atoms with Crippen molar-refractivity contribution in [1.82, 2.24) is 5.32 Å². The normalized spacial score (nSPS) is 10.3. The van der Waals surface area contributed by atoms with E-state index in [9.17, 15) is 4.79 Å². The zero-order valence-corrected chi connectivity index (χ0v) is 13.5. The summed E-state index contributed by atoms with van der Waals surface area (Å²) in [6.45, 7) is 2.01. The van der Waals surface area contributed by atoms with E-state index in [2.05, 4.69) is 16.7 Å². The summed E-state index contributed by atoms with van der Waals surface area (Å²) in [7, 11) is 0. The van der Waals surface area contributed by atoms with Gasteiger partial charge >= 0.3 is 0 Å². The van der Waals surface area contributed by atoms with Crippen LogP contribution in [0.15, 0.2) is 66.7 Å². The number of thiocarbonyl (C=S) groups is 1. The minimum atomic E-state index is -0.221. The fraction of sp³-hybridized carbons (Fsp3) is 0.0526. The van der Waals surface area contributed by atoms with Crippen LogP contribution in [0, 0.1) is 6.92 Å². The minimum Gasteiger partial charge on any atom is -0.332 e. The molecule has 3 nitrogen and oxygen atoms in total. The van der Waals surface area contributed by atoms with Gasteiger partial charge in [-0.15, -0.1) is 0 Å². The number of carbonyl (C=O) groups excluding carboxylic acids is 1. The summed E-state index contributed by atoms with van der Waals surface area (Å²) in [5, 5.41) is 8.36. The highest BCUT2D eigenvalue weighted by Crippen LogP contribution is 2.26. The predicted molar refractivity (Wildman–Crippen MR) is 98.8 cm³/mol. The highest BCUT2D eigenvalue weighted by Gasteiger charge is 2.10.